The SMILES string of the molecule is O=C(NCCc1ccc(Cl)cc1)C(=O)Nc1ccccc1C(=O)NCc1ccccc1. The predicted octanol–water partition coefficient (Wildman–Crippen LogP) is 3.57. The van der Waals surface area contributed by atoms with E-state index in [1.807, 2.05) is 42.5 Å². The highest BCUT2D eigenvalue weighted by Gasteiger charge is 2.17. The van der Waals surface area contributed by atoms with Crippen LogP contribution in [-0.4, -0.2) is 24.3 Å². The second-order valence-corrected chi connectivity index (χ2v) is 7.24. The lowest BCUT2D eigenvalue weighted by Crippen LogP contribution is -2.37. The first-order chi connectivity index (χ1) is 15.0. The van der Waals surface area contributed by atoms with E-state index in [0.717, 1.165) is 11.1 Å². The van der Waals surface area contributed by atoms with Crippen molar-refractivity contribution in [2.24, 2.45) is 0 Å². The molecule has 0 radical (unpaired) electrons. The Morgan fingerprint density at radius 1 is 0.710 bits per heavy atom. The van der Waals surface area contributed by atoms with Crippen LogP contribution in [0.15, 0.2) is 78.9 Å². The van der Waals surface area contributed by atoms with Gasteiger partial charge in [-0.2, -0.15) is 0 Å². The highest BCUT2D eigenvalue weighted by molar-refractivity contribution is 6.40. The van der Waals surface area contributed by atoms with Crippen LogP contribution >= 0.6 is 11.6 Å². The summed E-state index contributed by atoms with van der Waals surface area (Å²) in [6.45, 7) is 0.653. The molecule has 158 valence electrons. The Bertz CT molecular complexity index is 1050. The Balaban J connectivity index is 1.53. The molecule has 0 aliphatic rings. The largest absolute Gasteiger partial charge is 0.348 e. The Morgan fingerprint density at radius 3 is 2.13 bits per heavy atom. The lowest BCUT2D eigenvalue weighted by molar-refractivity contribution is -0.136. The molecule has 3 rings (SSSR count). The molecule has 0 aromatic heterocycles. The minimum Gasteiger partial charge on any atom is -0.348 e. The van der Waals surface area contributed by atoms with Crippen molar-refractivity contribution >= 4 is 35.0 Å². The first-order valence-electron chi connectivity index (χ1n) is 9.77. The van der Waals surface area contributed by atoms with E-state index in [-0.39, 0.29) is 17.2 Å². The molecule has 6 nitrogen and oxygen atoms in total. The van der Waals surface area contributed by atoms with Crippen LogP contribution in [0.25, 0.3) is 0 Å². The number of carbonyl (C=O) groups excluding carboxylic acids is 3. The number of anilines is 1. The molecular formula is C24H22ClN3O3. The van der Waals surface area contributed by atoms with Crippen molar-refractivity contribution in [3.05, 3.63) is 101 Å². The number of benzene rings is 3. The average Bonchev–Trinajstić information content (AvgIpc) is 2.79. The maximum atomic E-state index is 12.6. The molecule has 0 spiro atoms. The molecule has 7 heteroatoms. The van der Waals surface area contributed by atoms with Gasteiger partial charge in [0.05, 0.1) is 11.3 Å². The van der Waals surface area contributed by atoms with Gasteiger partial charge in [0.15, 0.2) is 0 Å². The van der Waals surface area contributed by atoms with Crippen LogP contribution in [-0.2, 0) is 22.6 Å². The molecular weight excluding hydrogens is 414 g/mol. The van der Waals surface area contributed by atoms with Crippen molar-refractivity contribution < 1.29 is 14.4 Å². The van der Waals surface area contributed by atoms with Crippen molar-refractivity contribution in [2.45, 2.75) is 13.0 Å². The van der Waals surface area contributed by atoms with Gasteiger partial charge in [-0.3, -0.25) is 14.4 Å². The van der Waals surface area contributed by atoms with Gasteiger partial charge in [-0.05, 0) is 41.8 Å². The van der Waals surface area contributed by atoms with E-state index in [0.29, 0.717) is 24.5 Å². The fourth-order valence-electron chi connectivity index (χ4n) is 2.89. The van der Waals surface area contributed by atoms with E-state index in [9.17, 15) is 14.4 Å². The van der Waals surface area contributed by atoms with E-state index in [1.54, 1.807) is 36.4 Å². The monoisotopic (exact) mass is 435 g/mol. The second kappa shape index (κ2) is 10.9. The zero-order valence-corrected chi connectivity index (χ0v) is 17.5. The van der Waals surface area contributed by atoms with Gasteiger partial charge in [0.1, 0.15) is 0 Å². The molecule has 0 atom stereocenters. The standard InChI is InChI=1S/C24H22ClN3O3/c25-19-12-10-17(11-13-19)14-15-26-23(30)24(31)28-21-9-5-4-8-20(21)22(29)27-16-18-6-2-1-3-7-18/h1-13H,14-16H2,(H,26,30)(H,27,29)(H,28,31). The van der Waals surface area contributed by atoms with E-state index in [1.165, 1.54) is 0 Å². The number of halogens is 1. The number of carbonyl (C=O) groups is 3. The Morgan fingerprint density at radius 2 is 1.39 bits per heavy atom. The van der Waals surface area contributed by atoms with Gasteiger partial charge in [-0.25, -0.2) is 0 Å². The predicted molar refractivity (Wildman–Crippen MR) is 121 cm³/mol. The number of amides is 3. The first-order valence-corrected chi connectivity index (χ1v) is 10.2. The maximum Gasteiger partial charge on any atom is 0.313 e. The van der Waals surface area contributed by atoms with Crippen molar-refractivity contribution in [1.29, 1.82) is 0 Å². The number of hydrogen-bond donors (Lipinski definition) is 3. The molecule has 0 unspecified atom stereocenters. The zero-order valence-electron chi connectivity index (χ0n) is 16.7. The molecule has 0 fully saturated rings. The molecule has 0 bridgehead atoms. The summed E-state index contributed by atoms with van der Waals surface area (Å²) in [5.41, 5.74) is 2.50. The molecule has 31 heavy (non-hydrogen) atoms. The average molecular weight is 436 g/mol. The van der Waals surface area contributed by atoms with E-state index >= 15 is 0 Å². The van der Waals surface area contributed by atoms with Crippen LogP contribution < -0.4 is 16.0 Å². The third-order valence-electron chi connectivity index (χ3n) is 4.53. The fourth-order valence-corrected chi connectivity index (χ4v) is 3.02. The van der Waals surface area contributed by atoms with Crippen molar-refractivity contribution in [3.8, 4) is 0 Å². The first kappa shape index (κ1) is 22.1. The van der Waals surface area contributed by atoms with Crippen molar-refractivity contribution in [2.75, 3.05) is 11.9 Å². The summed E-state index contributed by atoms with van der Waals surface area (Å²) in [7, 11) is 0. The van der Waals surface area contributed by atoms with Crippen LogP contribution in [0.4, 0.5) is 5.69 Å². The van der Waals surface area contributed by atoms with Crippen LogP contribution in [0.5, 0.6) is 0 Å². The van der Waals surface area contributed by atoms with Crippen LogP contribution in [0.2, 0.25) is 5.02 Å². The third-order valence-corrected chi connectivity index (χ3v) is 4.79. The Labute approximate surface area is 185 Å². The van der Waals surface area contributed by atoms with Crippen LogP contribution in [0, 0.1) is 0 Å². The number of para-hydroxylation sites is 1. The lowest BCUT2D eigenvalue weighted by Gasteiger charge is -2.12. The minimum atomic E-state index is -0.834. The van der Waals surface area contributed by atoms with Gasteiger partial charge in [-0.15, -0.1) is 0 Å². The van der Waals surface area contributed by atoms with Crippen LogP contribution in [0.3, 0.4) is 0 Å². The van der Waals surface area contributed by atoms with Gasteiger partial charge in [0.2, 0.25) is 0 Å². The van der Waals surface area contributed by atoms with Crippen molar-refractivity contribution in [3.63, 3.8) is 0 Å². The van der Waals surface area contributed by atoms with Gasteiger partial charge >= 0.3 is 11.8 Å². The fraction of sp³-hybridized carbons (Fsp3) is 0.125. The molecule has 3 aromatic rings. The summed E-state index contributed by atoms with van der Waals surface area (Å²) in [5, 5.41) is 8.54. The van der Waals surface area contributed by atoms with E-state index < -0.39 is 11.8 Å². The van der Waals surface area contributed by atoms with Crippen molar-refractivity contribution in [1.82, 2.24) is 10.6 Å². The summed E-state index contributed by atoms with van der Waals surface area (Å²) < 4.78 is 0. The van der Waals surface area contributed by atoms with E-state index in [2.05, 4.69) is 16.0 Å². The number of hydrogen-bond acceptors (Lipinski definition) is 3. The highest BCUT2D eigenvalue weighted by atomic mass is 35.5. The summed E-state index contributed by atoms with van der Waals surface area (Å²) in [5.74, 6) is -1.95. The van der Waals surface area contributed by atoms with Crippen LogP contribution in [0.1, 0.15) is 21.5 Å². The molecule has 3 N–H and O–H groups in total. The molecule has 0 aliphatic heterocycles. The van der Waals surface area contributed by atoms with Gasteiger partial charge in [0, 0.05) is 18.1 Å². The molecule has 0 aliphatic carbocycles. The summed E-state index contributed by atoms with van der Waals surface area (Å²) in [6.07, 6.45) is 0.564. The maximum absolute atomic E-state index is 12.6. The molecule has 3 amide bonds. The number of rotatable bonds is 7. The summed E-state index contributed by atoms with van der Waals surface area (Å²) in [6, 6.07) is 23.3. The molecule has 0 saturated carbocycles. The molecule has 3 aromatic carbocycles. The van der Waals surface area contributed by atoms with Gasteiger partial charge in [0.25, 0.3) is 5.91 Å². The Hall–Kier alpha value is -3.64. The summed E-state index contributed by atoms with van der Waals surface area (Å²) >= 11 is 5.85. The zero-order chi connectivity index (χ0) is 22.1. The second-order valence-electron chi connectivity index (χ2n) is 6.80. The smallest absolute Gasteiger partial charge is 0.313 e. The Kier molecular flexibility index (Phi) is 7.79. The van der Waals surface area contributed by atoms with E-state index in [4.69, 9.17) is 11.6 Å². The topological polar surface area (TPSA) is 87.3 Å². The minimum absolute atomic E-state index is 0.269. The molecule has 0 saturated heterocycles. The normalized spacial score (nSPS) is 10.2. The highest BCUT2D eigenvalue weighted by Crippen LogP contribution is 2.15. The number of nitrogens with one attached hydrogen (secondary N) is 3. The quantitative estimate of drug-likeness (QED) is 0.496. The van der Waals surface area contributed by atoms with Gasteiger partial charge in [-0.1, -0.05) is 66.2 Å². The van der Waals surface area contributed by atoms with Gasteiger partial charge < -0.3 is 16.0 Å². The summed E-state index contributed by atoms with van der Waals surface area (Å²) in [4.78, 5) is 37.0. The third kappa shape index (κ3) is 6.69. The molecule has 0 heterocycles. The lowest BCUT2D eigenvalue weighted by atomic mass is 10.1.